The number of carbonyl (C=O) groups excluding carboxylic acids is 1. The van der Waals surface area contributed by atoms with Gasteiger partial charge in [0.05, 0.1) is 32.0 Å². The fourth-order valence-electron chi connectivity index (χ4n) is 4.07. The summed E-state index contributed by atoms with van der Waals surface area (Å²) in [6.07, 6.45) is 1.30. The monoisotopic (exact) mass is 435 g/mol. The molecule has 1 N–H and O–H groups in total. The van der Waals surface area contributed by atoms with E-state index in [1.54, 1.807) is 25.3 Å². The number of amides is 1. The van der Waals surface area contributed by atoms with Gasteiger partial charge in [-0.05, 0) is 36.4 Å². The summed E-state index contributed by atoms with van der Waals surface area (Å²) in [4.78, 5) is 25.2. The molecular weight excluding hydrogens is 410 g/mol. The Labute approximate surface area is 185 Å². The highest BCUT2D eigenvalue weighted by atomic mass is 16.6. The molecule has 4 heterocycles. The highest BCUT2D eigenvalue weighted by Gasteiger charge is 2.34. The van der Waals surface area contributed by atoms with E-state index in [2.05, 4.69) is 20.2 Å². The van der Waals surface area contributed by atoms with E-state index in [0.717, 1.165) is 41.2 Å². The van der Waals surface area contributed by atoms with Crippen LogP contribution in [0.5, 0.6) is 11.6 Å². The lowest BCUT2D eigenvalue weighted by Gasteiger charge is -2.41. The van der Waals surface area contributed by atoms with E-state index < -0.39 is 0 Å². The van der Waals surface area contributed by atoms with E-state index >= 15 is 0 Å². The molecular formula is C23H25N5O4. The number of ether oxygens (including phenoxy) is 3. The van der Waals surface area contributed by atoms with Gasteiger partial charge in [0.1, 0.15) is 17.4 Å². The van der Waals surface area contributed by atoms with E-state index in [-0.39, 0.29) is 12.2 Å². The number of nitrogens with zero attached hydrogens (tertiary/aromatic N) is 4. The summed E-state index contributed by atoms with van der Waals surface area (Å²) in [7, 11) is 3.23. The van der Waals surface area contributed by atoms with Crippen molar-refractivity contribution in [2.24, 2.45) is 0 Å². The van der Waals surface area contributed by atoms with Gasteiger partial charge in [-0.1, -0.05) is 0 Å². The molecule has 2 saturated heterocycles. The summed E-state index contributed by atoms with van der Waals surface area (Å²) in [6, 6.07) is 13.4. The molecule has 1 atom stereocenters. The van der Waals surface area contributed by atoms with Gasteiger partial charge in [-0.2, -0.15) is 0 Å². The molecule has 0 saturated carbocycles. The normalized spacial score (nSPS) is 18.6. The second kappa shape index (κ2) is 8.51. The topological polar surface area (TPSA) is 89.1 Å². The number of cyclic esters (lactones) is 1. The SMILES string of the molecule is COc1ccc(N2C[C@@H](CNC3CN(c4ccnc5ccc(OC)nc45)C3)OC2=O)cc1. The molecule has 32 heavy (non-hydrogen) atoms. The molecule has 0 unspecified atom stereocenters. The summed E-state index contributed by atoms with van der Waals surface area (Å²) >= 11 is 0. The van der Waals surface area contributed by atoms with Gasteiger partial charge in [-0.25, -0.2) is 9.78 Å². The first-order valence-corrected chi connectivity index (χ1v) is 10.5. The van der Waals surface area contributed by atoms with E-state index in [0.29, 0.717) is 25.0 Å². The quantitative estimate of drug-likeness (QED) is 0.606. The van der Waals surface area contributed by atoms with Gasteiger partial charge in [0.2, 0.25) is 5.88 Å². The Morgan fingerprint density at radius 1 is 1.06 bits per heavy atom. The van der Waals surface area contributed by atoms with Crippen molar-refractivity contribution in [3.8, 4) is 11.6 Å². The second-order valence-electron chi connectivity index (χ2n) is 7.88. The maximum Gasteiger partial charge on any atom is 0.414 e. The van der Waals surface area contributed by atoms with Gasteiger partial charge >= 0.3 is 6.09 Å². The zero-order chi connectivity index (χ0) is 22.1. The van der Waals surface area contributed by atoms with E-state index in [9.17, 15) is 4.79 Å². The smallest absolute Gasteiger partial charge is 0.414 e. The highest BCUT2D eigenvalue weighted by Crippen LogP contribution is 2.29. The lowest BCUT2D eigenvalue weighted by atomic mass is 10.1. The molecule has 2 fully saturated rings. The van der Waals surface area contributed by atoms with Crippen LogP contribution in [0.25, 0.3) is 11.0 Å². The third-order valence-corrected chi connectivity index (χ3v) is 5.86. The van der Waals surface area contributed by atoms with Crippen molar-refractivity contribution in [2.75, 3.05) is 50.2 Å². The maximum absolute atomic E-state index is 12.3. The molecule has 0 aliphatic carbocycles. The number of hydrogen-bond donors (Lipinski definition) is 1. The molecule has 2 aromatic heterocycles. The minimum Gasteiger partial charge on any atom is -0.497 e. The first kappa shape index (κ1) is 20.3. The lowest BCUT2D eigenvalue weighted by Crippen LogP contribution is -2.59. The fraction of sp³-hybridized carbons (Fsp3) is 0.348. The molecule has 1 amide bonds. The van der Waals surface area contributed by atoms with Crippen LogP contribution in [-0.4, -0.2) is 68.6 Å². The Morgan fingerprint density at radius 2 is 1.88 bits per heavy atom. The standard InChI is InChI=1S/C23H25N5O4/c1-30-17-5-3-16(4-6-17)28-14-18(32-23(28)29)11-25-15-12-27(13-15)20-9-10-24-19-7-8-21(31-2)26-22(19)20/h3-10,15,18,25H,11-14H2,1-2H3/t18-/m1/s1. The Bertz CT molecular complexity index is 1120. The predicted octanol–water partition coefficient (Wildman–Crippen LogP) is 2.45. The van der Waals surface area contributed by atoms with Crippen molar-refractivity contribution >= 4 is 28.5 Å². The number of hydrogen-bond acceptors (Lipinski definition) is 8. The average Bonchev–Trinajstić information content (AvgIpc) is 3.18. The third-order valence-electron chi connectivity index (χ3n) is 5.86. The molecule has 0 radical (unpaired) electrons. The van der Waals surface area contributed by atoms with Crippen LogP contribution in [0.1, 0.15) is 0 Å². The molecule has 1 aromatic carbocycles. The lowest BCUT2D eigenvalue weighted by molar-refractivity contribution is 0.137. The number of anilines is 2. The summed E-state index contributed by atoms with van der Waals surface area (Å²) < 4.78 is 16.0. The molecule has 166 valence electrons. The van der Waals surface area contributed by atoms with Gasteiger partial charge in [-0.15, -0.1) is 0 Å². The van der Waals surface area contributed by atoms with Gasteiger partial charge in [0.15, 0.2) is 0 Å². The Morgan fingerprint density at radius 3 is 2.62 bits per heavy atom. The van der Waals surface area contributed by atoms with Crippen molar-refractivity contribution in [2.45, 2.75) is 12.1 Å². The number of benzene rings is 1. The van der Waals surface area contributed by atoms with Crippen LogP contribution in [-0.2, 0) is 4.74 Å². The third kappa shape index (κ3) is 3.87. The van der Waals surface area contributed by atoms with Gasteiger partial charge in [-0.3, -0.25) is 9.88 Å². The summed E-state index contributed by atoms with van der Waals surface area (Å²) in [5.74, 6) is 1.33. The number of aromatic nitrogens is 2. The second-order valence-corrected chi connectivity index (χ2v) is 7.88. The van der Waals surface area contributed by atoms with Crippen LogP contribution in [0, 0.1) is 0 Å². The van der Waals surface area contributed by atoms with Crippen LogP contribution in [0.15, 0.2) is 48.7 Å². The number of fused-ring (bicyclic) bond motifs is 1. The zero-order valence-electron chi connectivity index (χ0n) is 18.0. The number of nitrogens with one attached hydrogen (secondary N) is 1. The minimum atomic E-state index is -0.319. The van der Waals surface area contributed by atoms with E-state index in [4.69, 9.17) is 14.2 Å². The Kier molecular flexibility index (Phi) is 5.40. The molecule has 0 bridgehead atoms. The summed E-state index contributed by atoms with van der Waals surface area (Å²) in [6.45, 7) is 2.83. The maximum atomic E-state index is 12.3. The number of methoxy groups -OCH3 is 2. The predicted molar refractivity (Wildman–Crippen MR) is 121 cm³/mol. The zero-order valence-corrected chi connectivity index (χ0v) is 18.0. The highest BCUT2D eigenvalue weighted by molar-refractivity contribution is 5.90. The van der Waals surface area contributed by atoms with Crippen molar-refractivity contribution < 1.29 is 19.0 Å². The van der Waals surface area contributed by atoms with E-state index in [1.165, 1.54) is 0 Å². The number of rotatable bonds is 7. The number of pyridine rings is 2. The Hall–Kier alpha value is -3.59. The molecule has 5 rings (SSSR count). The van der Waals surface area contributed by atoms with Gasteiger partial charge in [0, 0.05) is 43.6 Å². The molecule has 3 aromatic rings. The van der Waals surface area contributed by atoms with Crippen LogP contribution < -0.4 is 24.6 Å². The first-order chi connectivity index (χ1) is 15.6. The molecule has 9 heteroatoms. The van der Waals surface area contributed by atoms with Crippen molar-refractivity contribution in [3.05, 3.63) is 48.7 Å². The summed E-state index contributed by atoms with van der Waals surface area (Å²) in [5.41, 5.74) is 3.53. The van der Waals surface area contributed by atoms with Crippen LogP contribution >= 0.6 is 0 Å². The minimum absolute atomic E-state index is 0.189. The van der Waals surface area contributed by atoms with Crippen molar-refractivity contribution in [1.29, 1.82) is 0 Å². The average molecular weight is 435 g/mol. The van der Waals surface area contributed by atoms with Crippen LogP contribution in [0.3, 0.4) is 0 Å². The first-order valence-electron chi connectivity index (χ1n) is 10.5. The van der Waals surface area contributed by atoms with Crippen molar-refractivity contribution in [3.63, 3.8) is 0 Å². The molecule has 0 spiro atoms. The Balaban J connectivity index is 1.15. The van der Waals surface area contributed by atoms with E-state index in [1.807, 2.05) is 42.5 Å². The molecule has 9 nitrogen and oxygen atoms in total. The largest absolute Gasteiger partial charge is 0.497 e. The van der Waals surface area contributed by atoms with Crippen molar-refractivity contribution in [1.82, 2.24) is 15.3 Å². The molecule has 2 aliphatic rings. The molecule has 2 aliphatic heterocycles. The number of carbonyl (C=O) groups is 1. The summed E-state index contributed by atoms with van der Waals surface area (Å²) in [5, 5.41) is 3.52. The van der Waals surface area contributed by atoms with Crippen LogP contribution in [0.2, 0.25) is 0 Å². The fourth-order valence-corrected chi connectivity index (χ4v) is 4.07. The van der Waals surface area contributed by atoms with Gasteiger partial charge < -0.3 is 24.4 Å². The van der Waals surface area contributed by atoms with Crippen LogP contribution in [0.4, 0.5) is 16.2 Å². The van der Waals surface area contributed by atoms with Gasteiger partial charge in [0.25, 0.3) is 0 Å².